The Balaban J connectivity index is 1.76. The third-order valence-corrected chi connectivity index (χ3v) is 4.90. The van der Waals surface area contributed by atoms with Crippen LogP contribution in [0.1, 0.15) is 32.6 Å². The minimum absolute atomic E-state index is 0.00207. The van der Waals surface area contributed by atoms with Crippen molar-refractivity contribution in [2.24, 2.45) is 17.8 Å². The molecule has 1 spiro atoms. The highest BCUT2D eigenvalue weighted by Gasteiger charge is 2.59. The molecule has 2 unspecified atom stereocenters. The highest BCUT2D eigenvalue weighted by atomic mass is 16.7. The van der Waals surface area contributed by atoms with Crippen molar-refractivity contribution in [2.75, 3.05) is 13.7 Å². The third kappa shape index (κ3) is 2.30. The molecule has 0 bridgehead atoms. The molecular weight excluding hydrogens is 276 g/mol. The Morgan fingerprint density at radius 2 is 2.10 bits per heavy atom. The van der Waals surface area contributed by atoms with E-state index in [0.717, 1.165) is 0 Å². The first-order chi connectivity index (χ1) is 9.97. The average molecular weight is 296 g/mol. The summed E-state index contributed by atoms with van der Waals surface area (Å²) in [5.74, 6) is -2.50. The van der Waals surface area contributed by atoms with E-state index in [0.29, 0.717) is 19.3 Å². The standard InChI is InChI=1S/C15H20O6/c1-8-7-20-15(6-11(8)16)13(17)10-4-3-9(14(18)19-2)5-12(10)21-15/h8-10,12H,3-7H2,1-2H3/t8?,9?,10-,12+,15-/m0/s1. The molecule has 2 aliphatic heterocycles. The summed E-state index contributed by atoms with van der Waals surface area (Å²) in [6, 6.07) is 0. The first-order valence-corrected chi connectivity index (χ1v) is 7.43. The van der Waals surface area contributed by atoms with E-state index >= 15 is 0 Å². The molecule has 0 radical (unpaired) electrons. The van der Waals surface area contributed by atoms with E-state index in [1.54, 1.807) is 6.92 Å². The summed E-state index contributed by atoms with van der Waals surface area (Å²) in [5, 5.41) is 0. The van der Waals surface area contributed by atoms with Crippen LogP contribution in [0.4, 0.5) is 0 Å². The molecule has 116 valence electrons. The Bertz CT molecular complexity index is 487. The number of ketones is 2. The van der Waals surface area contributed by atoms with Crippen molar-refractivity contribution in [1.82, 2.24) is 0 Å². The van der Waals surface area contributed by atoms with Crippen LogP contribution < -0.4 is 0 Å². The van der Waals surface area contributed by atoms with Crippen LogP contribution in [0.2, 0.25) is 0 Å². The molecule has 5 atom stereocenters. The van der Waals surface area contributed by atoms with Crippen LogP contribution in [0.5, 0.6) is 0 Å². The van der Waals surface area contributed by atoms with Crippen LogP contribution >= 0.6 is 0 Å². The summed E-state index contributed by atoms with van der Waals surface area (Å²) >= 11 is 0. The zero-order valence-electron chi connectivity index (χ0n) is 12.3. The monoisotopic (exact) mass is 296 g/mol. The lowest BCUT2D eigenvalue weighted by atomic mass is 9.77. The van der Waals surface area contributed by atoms with Gasteiger partial charge in [0.05, 0.1) is 32.2 Å². The molecule has 0 amide bonds. The van der Waals surface area contributed by atoms with E-state index in [1.165, 1.54) is 7.11 Å². The van der Waals surface area contributed by atoms with Crippen molar-refractivity contribution in [3.8, 4) is 0 Å². The summed E-state index contributed by atoms with van der Waals surface area (Å²) in [7, 11) is 1.36. The summed E-state index contributed by atoms with van der Waals surface area (Å²) in [5.41, 5.74) is 0. The van der Waals surface area contributed by atoms with Gasteiger partial charge in [-0.2, -0.15) is 0 Å². The fraction of sp³-hybridized carbons (Fsp3) is 0.800. The number of carbonyl (C=O) groups is 3. The largest absolute Gasteiger partial charge is 0.469 e. The number of carbonyl (C=O) groups excluding carboxylic acids is 3. The average Bonchev–Trinajstić information content (AvgIpc) is 2.75. The molecule has 1 aliphatic carbocycles. The van der Waals surface area contributed by atoms with Crippen LogP contribution in [-0.4, -0.2) is 43.1 Å². The Morgan fingerprint density at radius 3 is 2.76 bits per heavy atom. The number of hydrogen-bond donors (Lipinski definition) is 0. The first kappa shape index (κ1) is 14.7. The van der Waals surface area contributed by atoms with Gasteiger partial charge in [-0.25, -0.2) is 0 Å². The van der Waals surface area contributed by atoms with Crippen molar-refractivity contribution in [3.63, 3.8) is 0 Å². The SMILES string of the molecule is COC(=O)C1CC[C@@H]2C(=O)[C@]3(CC(=O)C(C)CO3)O[C@@H]2C1. The number of Topliss-reactive ketones (excluding diaryl/α,β-unsaturated/α-hetero) is 2. The smallest absolute Gasteiger partial charge is 0.308 e. The Hall–Kier alpha value is -1.27. The van der Waals surface area contributed by atoms with Crippen molar-refractivity contribution in [2.45, 2.75) is 44.5 Å². The van der Waals surface area contributed by atoms with Gasteiger partial charge in [0, 0.05) is 11.8 Å². The summed E-state index contributed by atoms with van der Waals surface area (Å²) in [4.78, 5) is 36.2. The molecular formula is C15H20O6. The van der Waals surface area contributed by atoms with Crippen LogP contribution in [0.25, 0.3) is 0 Å². The van der Waals surface area contributed by atoms with Gasteiger partial charge in [0.25, 0.3) is 0 Å². The summed E-state index contributed by atoms with van der Waals surface area (Å²) in [6.07, 6.45) is 1.29. The molecule has 6 nitrogen and oxygen atoms in total. The lowest BCUT2D eigenvalue weighted by molar-refractivity contribution is -0.240. The van der Waals surface area contributed by atoms with Gasteiger partial charge < -0.3 is 14.2 Å². The van der Waals surface area contributed by atoms with Gasteiger partial charge in [-0.3, -0.25) is 14.4 Å². The van der Waals surface area contributed by atoms with Gasteiger partial charge in [0.1, 0.15) is 5.78 Å². The van der Waals surface area contributed by atoms with Crippen molar-refractivity contribution >= 4 is 17.5 Å². The van der Waals surface area contributed by atoms with E-state index in [9.17, 15) is 14.4 Å². The van der Waals surface area contributed by atoms with E-state index < -0.39 is 5.79 Å². The summed E-state index contributed by atoms with van der Waals surface area (Å²) in [6.45, 7) is 2.00. The number of esters is 1. The van der Waals surface area contributed by atoms with Crippen molar-refractivity contribution in [3.05, 3.63) is 0 Å². The van der Waals surface area contributed by atoms with Crippen LogP contribution in [0.3, 0.4) is 0 Å². The molecule has 0 aromatic carbocycles. The molecule has 2 heterocycles. The maximum atomic E-state index is 12.6. The number of hydrogen-bond acceptors (Lipinski definition) is 6. The predicted molar refractivity (Wildman–Crippen MR) is 70.2 cm³/mol. The first-order valence-electron chi connectivity index (χ1n) is 7.43. The molecule has 1 saturated carbocycles. The minimum atomic E-state index is -1.40. The number of fused-ring (bicyclic) bond motifs is 1. The van der Waals surface area contributed by atoms with Gasteiger partial charge in [-0.15, -0.1) is 0 Å². The lowest BCUT2D eigenvalue weighted by Crippen LogP contribution is -2.49. The zero-order chi connectivity index (χ0) is 15.2. The Labute approximate surface area is 123 Å². The molecule has 0 N–H and O–H groups in total. The van der Waals surface area contributed by atoms with Crippen LogP contribution in [-0.2, 0) is 28.6 Å². The molecule has 3 rings (SSSR count). The lowest BCUT2D eigenvalue weighted by Gasteiger charge is -2.33. The predicted octanol–water partition coefficient (Wildman–Crippen LogP) is 0.865. The second kappa shape index (κ2) is 5.18. The van der Waals surface area contributed by atoms with E-state index in [-0.39, 0.29) is 54.4 Å². The number of rotatable bonds is 1. The van der Waals surface area contributed by atoms with E-state index in [2.05, 4.69) is 0 Å². The fourth-order valence-corrected chi connectivity index (χ4v) is 3.57. The molecule has 3 aliphatic rings. The van der Waals surface area contributed by atoms with E-state index in [4.69, 9.17) is 14.2 Å². The fourth-order valence-electron chi connectivity index (χ4n) is 3.57. The molecule has 3 fully saturated rings. The minimum Gasteiger partial charge on any atom is -0.469 e. The summed E-state index contributed by atoms with van der Waals surface area (Å²) < 4.78 is 16.2. The normalized spacial score (nSPS) is 43.0. The second-order valence-electron chi connectivity index (χ2n) is 6.27. The van der Waals surface area contributed by atoms with Crippen molar-refractivity contribution < 1.29 is 28.6 Å². The molecule has 21 heavy (non-hydrogen) atoms. The van der Waals surface area contributed by atoms with Crippen molar-refractivity contribution in [1.29, 1.82) is 0 Å². The maximum Gasteiger partial charge on any atom is 0.308 e. The molecule has 6 heteroatoms. The van der Waals surface area contributed by atoms with Gasteiger partial charge in [-0.05, 0) is 19.3 Å². The third-order valence-electron chi connectivity index (χ3n) is 4.90. The van der Waals surface area contributed by atoms with Crippen LogP contribution in [0, 0.1) is 17.8 Å². The quantitative estimate of drug-likeness (QED) is 0.668. The highest BCUT2D eigenvalue weighted by molar-refractivity contribution is 5.96. The van der Waals surface area contributed by atoms with E-state index in [1.807, 2.05) is 0 Å². The molecule has 0 aromatic heterocycles. The molecule has 2 saturated heterocycles. The number of methoxy groups -OCH3 is 1. The van der Waals surface area contributed by atoms with Crippen LogP contribution in [0.15, 0.2) is 0 Å². The van der Waals surface area contributed by atoms with Gasteiger partial charge in [0.2, 0.25) is 5.79 Å². The molecule has 0 aromatic rings. The zero-order valence-corrected chi connectivity index (χ0v) is 12.3. The van der Waals surface area contributed by atoms with Gasteiger partial charge in [-0.1, -0.05) is 6.92 Å². The highest BCUT2D eigenvalue weighted by Crippen LogP contribution is 2.46. The topological polar surface area (TPSA) is 78.9 Å². The Kier molecular flexibility index (Phi) is 3.61. The van der Waals surface area contributed by atoms with Gasteiger partial charge in [0.15, 0.2) is 5.78 Å². The van der Waals surface area contributed by atoms with Gasteiger partial charge >= 0.3 is 5.97 Å². The second-order valence-corrected chi connectivity index (χ2v) is 6.27. The number of ether oxygens (including phenoxy) is 3. The maximum absolute atomic E-state index is 12.6. The Morgan fingerprint density at radius 1 is 1.33 bits per heavy atom.